The van der Waals surface area contributed by atoms with E-state index in [1.165, 1.54) is 17.2 Å². The molecule has 0 saturated carbocycles. The van der Waals surface area contributed by atoms with Crippen molar-refractivity contribution in [1.29, 1.82) is 0 Å². The molecule has 1 amide bonds. The Labute approximate surface area is 180 Å². The highest BCUT2D eigenvalue weighted by molar-refractivity contribution is 5.79. The zero-order valence-corrected chi connectivity index (χ0v) is 17.8. The maximum Gasteiger partial charge on any atom is 0.266 e. The van der Waals surface area contributed by atoms with E-state index in [0.29, 0.717) is 12.2 Å². The quantitative estimate of drug-likeness (QED) is 0.486. The molecule has 0 bridgehead atoms. The minimum atomic E-state index is -0.204. The number of benzene rings is 2. The molecule has 0 fully saturated rings. The Hall–Kier alpha value is -3.67. The molecule has 2 N–H and O–H groups in total. The van der Waals surface area contributed by atoms with Crippen molar-refractivity contribution in [3.05, 3.63) is 105 Å². The lowest BCUT2D eigenvalue weighted by Gasteiger charge is -2.19. The lowest BCUT2D eigenvalue weighted by atomic mass is 9.88. The van der Waals surface area contributed by atoms with Crippen molar-refractivity contribution in [1.82, 2.24) is 19.9 Å². The number of carbonyl (C=O) groups is 1. The summed E-state index contributed by atoms with van der Waals surface area (Å²) in [5.41, 5.74) is 5.26. The Morgan fingerprint density at radius 3 is 2.26 bits per heavy atom. The average Bonchev–Trinajstić information content (AvgIpc) is 3.15. The second-order valence-corrected chi connectivity index (χ2v) is 7.76. The van der Waals surface area contributed by atoms with Crippen molar-refractivity contribution < 1.29 is 4.79 Å². The number of aromatic nitrogens is 3. The molecular weight excluding hydrogens is 388 g/mol. The second-order valence-electron chi connectivity index (χ2n) is 7.76. The zero-order chi connectivity index (χ0) is 21.8. The molecular formula is C25H26N4O2. The zero-order valence-electron chi connectivity index (χ0n) is 17.8. The molecule has 6 nitrogen and oxygen atoms in total. The minimum absolute atomic E-state index is 0.0540. The fourth-order valence-corrected chi connectivity index (χ4v) is 4.09. The lowest BCUT2D eigenvalue weighted by molar-refractivity contribution is -0.120. The van der Waals surface area contributed by atoms with Crippen LogP contribution in [-0.2, 0) is 11.2 Å². The maximum atomic E-state index is 12.7. The van der Waals surface area contributed by atoms with E-state index in [1.54, 1.807) is 4.52 Å². The number of hydrogen-bond acceptors (Lipinski definition) is 3. The molecule has 4 rings (SSSR count). The summed E-state index contributed by atoms with van der Waals surface area (Å²) in [5.74, 6) is 0.163. The van der Waals surface area contributed by atoms with Gasteiger partial charge in [-0.2, -0.15) is 0 Å². The van der Waals surface area contributed by atoms with Gasteiger partial charge in [0, 0.05) is 35.5 Å². The first-order valence-electron chi connectivity index (χ1n) is 10.5. The van der Waals surface area contributed by atoms with Gasteiger partial charge >= 0.3 is 0 Å². The van der Waals surface area contributed by atoms with Gasteiger partial charge in [0.1, 0.15) is 0 Å². The van der Waals surface area contributed by atoms with E-state index in [2.05, 4.69) is 39.7 Å². The molecule has 2 heterocycles. The van der Waals surface area contributed by atoms with E-state index < -0.39 is 0 Å². The van der Waals surface area contributed by atoms with Gasteiger partial charge in [0.15, 0.2) is 5.65 Å². The van der Waals surface area contributed by atoms with Gasteiger partial charge in [-0.3, -0.25) is 14.7 Å². The monoisotopic (exact) mass is 414 g/mol. The highest BCUT2D eigenvalue weighted by Gasteiger charge is 2.16. The Balaban J connectivity index is 1.45. The van der Waals surface area contributed by atoms with Crippen LogP contribution in [0.5, 0.6) is 0 Å². The third-order valence-electron chi connectivity index (χ3n) is 5.70. The van der Waals surface area contributed by atoms with Gasteiger partial charge in [0.25, 0.3) is 5.56 Å². The largest absolute Gasteiger partial charge is 0.356 e. The fraction of sp³-hybridized carbons (Fsp3) is 0.240. The van der Waals surface area contributed by atoms with E-state index in [0.717, 1.165) is 23.4 Å². The molecule has 31 heavy (non-hydrogen) atoms. The summed E-state index contributed by atoms with van der Waals surface area (Å²) in [4.78, 5) is 28.8. The van der Waals surface area contributed by atoms with Crippen LogP contribution in [0.4, 0.5) is 0 Å². The predicted octanol–water partition coefficient (Wildman–Crippen LogP) is 3.52. The third kappa shape index (κ3) is 4.58. The lowest BCUT2D eigenvalue weighted by Crippen LogP contribution is -2.28. The molecule has 0 unspecified atom stereocenters. The van der Waals surface area contributed by atoms with E-state index in [1.807, 2.05) is 50.2 Å². The van der Waals surface area contributed by atoms with Crippen LogP contribution in [-0.4, -0.2) is 27.0 Å². The van der Waals surface area contributed by atoms with Gasteiger partial charge in [0.2, 0.25) is 5.91 Å². The first kappa shape index (κ1) is 20.6. The summed E-state index contributed by atoms with van der Waals surface area (Å²) in [7, 11) is 0. The van der Waals surface area contributed by atoms with Crippen LogP contribution in [0.25, 0.3) is 5.65 Å². The van der Waals surface area contributed by atoms with Crippen molar-refractivity contribution in [2.75, 3.05) is 6.54 Å². The second kappa shape index (κ2) is 9.00. The van der Waals surface area contributed by atoms with Gasteiger partial charge in [-0.15, -0.1) is 0 Å². The Bertz CT molecular complexity index is 1200. The Morgan fingerprint density at radius 1 is 1.03 bits per heavy atom. The highest BCUT2D eigenvalue weighted by atomic mass is 16.1. The first-order valence-corrected chi connectivity index (χ1v) is 10.5. The number of nitrogens with one attached hydrogen (secondary N) is 2. The molecule has 0 atom stereocenters. The first-order chi connectivity index (χ1) is 15.0. The standard InChI is InChI=1S/C25H26N4O2/c1-17-22(18(2)29-23(27-17)16-25(31)28-29)15-24(30)26-14-13-21(19-9-5-3-6-10-19)20-11-7-4-8-12-20/h3-12,16,21H,13-15H2,1-2H3,(H,26,30)(H,28,31). The number of rotatable bonds is 7. The number of aromatic amines is 1. The molecule has 4 aromatic rings. The van der Waals surface area contributed by atoms with E-state index in [9.17, 15) is 9.59 Å². The van der Waals surface area contributed by atoms with Gasteiger partial charge in [0.05, 0.1) is 6.42 Å². The van der Waals surface area contributed by atoms with Crippen LogP contribution >= 0.6 is 0 Å². The summed E-state index contributed by atoms with van der Waals surface area (Å²) in [6, 6.07) is 22.2. The summed E-state index contributed by atoms with van der Waals surface area (Å²) in [6.07, 6.45) is 1.03. The minimum Gasteiger partial charge on any atom is -0.356 e. The molecule has 0 aliphatic heterocycles. The number of amides is 1. The van der Waals surface area contributed by atoms with Crippen LogP contribution in [0.1, 0.15) is 40.4 Å². The van der Waals surface area contributed by atoms with Gasteiger partial charge < -0.3 is 5.32 Å². The molecule has 2 aromatic heterocycles. The SMILES string of the molecule is Cc1nc2cc(=O)[nH]n2c(C)c1CC(=O)NCCC(c1ccccc1)c1ccccc1. The topological polar surface area (TPSA) is 79.3 Å². The molecule has 0 aliphatic carbocycles. The average molecular weight is 415 g/mol. The van der Waals surface area contributed by atoms with Gasteiger partial charge in [-0.25, -0.2) is 9.50 Å². The molecule has 6 heteroatoms. The van der Waals surface area contributed by atoms with Gasteiger partial charge in [-0.1, -0.05) is 60.7 Å². The summed E-state index contributed by atoms with van der Waals surface area (Å²) < 4.78 is 1.64. The molecule has 158 valence electrons. The Kier molecular flexibility index (Phi) is 5.98. The van der Waals surface area contributed by atoms with Crippen LogP contribution in [0.3, 0.4) is 0 Å². The van der Waals surface area contributed by atoms with Crippen molar-refractivity contribution in [3.8, 4) is 0 Å². The molecule has 0 aliphatic rings. The summed E-state index contributed by atoms with van der Waals surface area (Å²) >= 11 is 0. The van der Waals surface area contributed by atoms with Gasteiger partial charge in [-0.05, 0) is 31.4 Å². The highest BCUT2D eigenvalue weighted by Crippen LogP contribution is 2.27. The van der Waals surface area contributed by atoms with Crippen LogP contribution in [0.2, 0.25) is 0 Å². The fourth-order valence-electron chi connectivity index (χ4n) is 4.09. The smallest absolute Gasteiger partial charge is 0.266 e. The van der Waals surface area contributed by atoms with Crippen molar-refractivity contribution in [3.63, 3.8) is 0 Å². The number of hydrogen-bond donors (Lipinski definition) is 2. The third-order valence-corrected chi connectivity index (χ3v) is 5.70. The Morgan fingerprint density at radius 2 is 1.65 bits per heavy atom. The number of nitrogens with zero attached hydrogens (tertiary/aromatic N) is 2. The molecule has 2 aromatic carbocycles. The maximum absolute atomic E-state index is 12.7. The molecule has 0 spiro atoms. The van der Waals surface area contributed by atoms with Crippen LogP contribution in [0.15, 0.2) is 71.5 Å². The normalized spacial score (nSPS) is 11.2. The van der Waals surface area contributed by atoms with Crippen molar-refractivity contribution >= 4 is 11.6 Å². The number of carbonyl (C=O) groups excluding carboxylic acids is 1. The predicted molar refractivity (Wildman–Crippen MR) is 121 cm³/mol. The summed E-state index contributed by atoms with van der Waals surface area (Å²) in [5, 5.41) is 5.79. The molecule has 0 radical (unpaired) electrons. The summed E-state index contributed by atoms with van der Waals surface area (Å²) in [6.45, 7) is 4.33. The number of H-pyrrole nitrogens is 1. The van der Waals surface area contributed by atoms with Crippen molar-refractivity contribution in [2.24, 2.45) is 0 Å². The van der Waals surface area contributed by atoms with Crippen molar-refractivity contribution in [2.45, 2.75) is 32.6 Å². The molecule has 0 saturated heterocycles. The van der Waals surface area contributed by atoms with E-state index in [-0.39, 0.29) is 23.8 Å². The van der Waals surface area contributed by atoms with E-state index >= 15 is 0 Å². The number of aryl methyl sites for hydroxylation is 2. The van der Waals surface area contributed by atoms with E-state index in [4.69, 9.17) is 0 Å². The van der Waals surface area contributed by atoms with Crippen LogP contribution < -0.4 is 10.9 Å². The van der Waals surface area contributed by atoms with Crippen LogP contribution in [0, 0.1) is 13.8 Å². The number of fused-ring (bicyclic) bond motifs is 1.